The number of aliphatic imine (C=N–C) groups is 1. The smallest absolute Gasteiger partial charge is 0.222 e. The molecule has 2 aliphatic rings. The molecule has 0 radical (unpaired) electrons. The molecule has 27 heavy (non-hydrogen) atoms. The van der Waals surface area contributed by atoms with Crippen molar-refractivity contribution in [2.75, 3.05) is 38.1 Å². The Kier molecular flexibility index (Phi) is 8.40. The average Bonchev–Trinajstić information content (AvgIpc) is 3.18. The first-order valence-electron chi connectivity index (χ1n) is 9.43. The minimum Gasteiger partial charge on any atom is -0.364 e. The molecule has 3 rings (SSSR count). The van der Waals surface area contributed by atoms with E-state index in [4.69, 9.17) is 4.99 Å². The first-order valence-corrected chi connectivity index (χ1v) is 9.43. The highest BCUT2D eigenvalue weighted by molar-refractivity contribution is 14.0. The normalized spacial score (nSPS) is 19.9. The van der Waals surface area contributed by atoms with Crippen LogP contribution in [-0.4, -0.2) is 56.0 Å². The molecule has 0 aromatic heterocycles. The highest BCUT2D eigenvalue weighted by Gasteiger charge is 2.23. The fourth-order valence-corrected chi connectivity index (χ4v) is 3.31. The summed E-state index contributed by atoms with van der Waals surface area (Å²) in [6.45, 7) is 6.21. The molecule has 1 aromatic rings. The second-order valence-corrected chi connectivity index (χ2v) is 6.89. The van der Waals surface area contributed by atoms with E-state index in [0.717, 1.165) is 38.6 Å². The summed E-state index contributed by atoms with van der Waals surface area (Å²) in [5.41, 5.74) is 2.44. The van der Waals surface area contributed by atoms with Gasteiger partial charge in [-0.3, -0.25) is 4.79 Å². The summed E-state index contributed by atoms with van der Waals surface area (Å²) in [4.78, 5) is 20.5. The number of likely N-dealkylation sites (tertiary alicyclic amines) is 1. The average molecular weight is 483 g/mol. The summed E-state index contributed by atoms with van der Waals surface area (Å²) in [5, 5.41) is 6.76. The van der Waals surface area contributed by atoms with Gasteiger partial charge in [0.25, 0.3) is 0 Å². The lowest BCUT2D eigenvalue weighted by Gasteiger charge is -2.31. The van der Waals surface area contributed by atoms with E-state index in [-0.39, 0.29) is 35.9 Å². The highest BCUT2D eigenvalue weighted by atomic mass is 127. The molecule has 0 spiro atoms. The van der Waals surface area contributed by atoms with Crippen LogP contribution in [-0.2, 0) is 11.3 Å². The molecule has 1 unspecified atom stereocenters. The summed E-state index contributed by atoms with van der Waals surface area (Å²) < 4.78 is 0. The predicted octanol–water partition coefficient (Wildman–Crippen LogP) is 2.36. The van der Waals surface area contributed by atoms with Crippen molar-refractivity contribution in [2.45, 2.75) is 32.4 Å². The van der Waals surface area contributed by atoms with Crippen molar-refractivity contribution in [3.05, 3.63) is 42.0 Å². The number of piperidine rings is 1. The van der Waals surface area contributed by atoms with Crippen LogP contribution in [0.3, 0.4) is 0 Å². The molecule has 1 aromatic carbocycles. The van der Waals surface area contributed by atoms with Crippen molar-refractivity contribution in [1.29, 1.82) is 0 Å². The van der Waals surface area contributed by atoms with E-state index in [1.807, 2.05) is 7.05 Å². The summed E-state index contributed by atoms with van der Waals surface area (Å²) in [7, 11) is 1.86. The van der Waals surface area contributed by atoms with Gasteiger partial charge in [-0.25, -0.2) is 4.99 Å². The quantitative estimate of drug-likeness (QED) is 0.292. The van der Waals surface area contributed by atoms with E-state index in [9.17, 15) is 4.79 Å². The number of benzene rings is 1. The van der Waals surface area contributed by atoms with Gasteiger partial charge in [0.1, 0.15) is 0 Å². The fraction of sp³-hybridized carbons (Fsp3) is 0.500. The maximum atomic E-state index is 11.6. The molecule has 0 saturated carbocycles. The third-order valence-corrected chi connectivity index (χ3v) is 4.85. The molecule has 148 valence electrons. The zero-order valence-corrected chi connectivity index (χ0v) is 18.5. The first-order chi connectivity index (χ1) is 12.7. The Morgan fingerprint density at radius 2 is 1.93 bits per heavy atom. The van der Waals surface area contributed by atoms with Gasteiger partial charge in [-0.05, 0) is 31.0 Å². The van der Waals surface area contributed by atoms with E-state index in [2.05, 4.69) is 58.9 Å². The number of hydrogen-bond acceptors (Lipinski definition) is 3. The SMILES string of the molecule is CCNC(=NCc1ccc(N2CC=CC2)cc1)NC1CCC(=O)N(C)C1.I. The van der Waals surface area contributed by atoms with Crippen LogP contribution in [0.5, 0.6) is 0 Å². The maximum Gasteiger partial charge on any atom is 0.222 e. The number of carbonyl (C=O) groups is 1. The standard InChI is InChI=1S/C20H29N5O.HI/c1-3-21-20(23-17-8-11-19(26)24(2)15-17)22-14-16-6-9-18(10-7-16)25-12-4-5-13-25;/h4-7,9-10,17H,3,8,11-15H2,1-2H3,(H2,21,22,23);1H. The van der Waals surface area contributed by atoms with Crippen molar-refractivity contribution >= 4 is 41.5 Å². The number of anilines is 1. The number of amides is 1. The highest BCUT2D eigenvalue weighted by Crippen LogP contribution is 2.18. The molecule has 0 bridgehead atoms. The Morgan fingerprint density at radius 1 is 1.22 bits per heavy atom. The Morgan fingerprint density at radius 3 is 2.56 bits per heavy atom. The molecule has 7 heteroatoms. The van der Waals surface area contributed by atoms with E-state index in [1.54, 1.807) is 4.90 Å². The second-order valence-electron chi connectivity index (χ2n) is 6.89. The van der Waals surface area contributed by atoms with E-state index < -0.39 is 0 Å². The van der Waals surface area contributed by atoms with Crippen LogP contribution in [0.2, 0.25) is 0 Å². The molecule has 1 atom stereocenters. The van der Waals surface area contributed by atoms with Gasteiger partial charge in [-0.2, -0.15) is 0 Å². The third-order valence-electron chi connectivity index (χ3n) is 4.85. The molecule has 1 saturated heterocycles. The molecular weight excluding hydrogens is 453 g/mol. The van der Waals surface area contributed by atoms with Gasteiger partial charge in [0.15, 0.2) is 5.96 Å². The first kappa shape index (κ1) is 21.5. The van der Waals surface area contributed by atoms with Crippen LogP contribution in [0.1, 0.15) is 25.3 Å². The van der Waals surface area contributed by atoms with Crippen LogP contribution >= 0.6 is 24.0 Å². The Balaban J connectivity index is 0.00000261. The van der Waals surface area contributed by atoms with Crippen LogP contribution in [0.4, 0.5) is 5.69 Å². The van der Waals surface area contributed by atoms with Crippen LogP contribution < -0.4 is 15.5 Å². The van der Waals surface area contributed by atoms with E-state index in [0.29, 0.717) is 13.0 Å². The number of nitrogens with zero attached hydrogens (tertiary/aromatic N) is 3. The number of halogens is 1. The largest absolute Gasteiger partial charge is 0.364 e. The zero-order chi connectivity index (χ0) is 18.4. The van der Waals surface area contributed by atoms with Gasteiger partial charge in [-0.1, -0.05) is 24.3 Å². The van der Waals surface area contributed by atoms with Crippen LogP contribution in [0, 0.1) is 0 Å². The number of rotatable bonds is 5. The fourth-order valence-electron chi connectivity index (χ4n) is 3.31. The Labute approximate surface area is 179 Å². The summed E-state index contributed by atoms with van der Waals surface area (Å²) in [5.74, 6) is 1.03. The van der Waals surface area contributed by atoms with Crippen molar-refractivity contribution < 1.29 is 4.79 Å². The van der Waals surface area contributed by atoms with Gasteiger partial charge in [0.05, 0.1) is 6.54 Å². The lowest BCUT2D eigenvalue weighted by atomic mass is 10.1. The summed E-state index contributed by atoms with van der Waals surface area (Å²) in [6, 6.07) is 8.88. The monoisotopic (exact) mass is 483 g/mol. The molecule has 1 fully saturated rings. The lowest BCUT2D eigenvalue weighted by molar-refractivity contribution is -0.132. The third kappa shape index (κ3) is 6.12. The lowest BCUT2D eigenvalue weighted by Crippen LogP contribution is -2.51. The molecule has 1 amide bonds. The number of likely N-dealkylation sites (N-methyl/N-ethyl adjacent to an activating group) is 1. The predicted molar refractivity (Wildman–Crippen MR) is 122 cm³/mol. The molecule has 2 N–H and O–H groups in total. The Bertz CT molecular complexity index is 665. The topological polar surface area (TPSA) is 60.0 Å². The summed E-state index contributed by atoms with van der Waals surface area (Å²) >= 11 is 0. The van der Waals surface area contributed by atoms with Crippen molar-refractivity contribution in [1.82, 2.24) is 15.5 Å². The zero-order valence-electron chi connectivity index (χ0n) is 16.1. The molecular formula is C20H30IN5O. The van der Waals surface area contributed by atoms with Crippen molar-refractivity contribution in [3.63, 3.8) is 0 Å². The van der Waals surface area contributed by atoms with Gasteiger partial charge >= 0.3 is 0 Å². The van der Waals surface area contributed by atoms with E-state index >= 15 is 0 Å². The van der Waals surface area contributed by atoms with Crippen LogP contribution in [0.15, 0.2) is 41.4 Å². The molecule has 2 heterocycles. The van der Waals surface area contributed by atoms with Crippen molar-refractivity contribution in [2.24, 2.45) is 4.99 Å². The maximum absolute atomic E-state index is 11.6. The van der Waals surface area contributed by atoms with Gasteiger partial charge < -0.3 is 20.4 Å². The van der Waals surface area contributed by atoms with E-state index in [1.165, 1.54) is 11.3 Å². The minimum absolute atomic E-state index is 0. The van der Waals surface area contributed by atoms with Gasteiger partial charge in [-0.15, -0.1) is 24.0 Å². The molecule has 6 nitrogen and oxygen atoms in total. The van der Waals surface area contributed by atoms with Gasteiger partial charge in [0.2, 0.25) is 5.91 Å². The van der Waals surface area contributed by atoms with Gasteiger partial charge in [0, 0.05) is 51.4 Å². The minimum atomic E-state index is 0. The number of carbonyl (C=O) groups excluding carboxylic acids is 1. The Hall–Kier alpha value is -1.77. The number of nitrogens with one attached hydrogen (secondary N) is 2. The number of hydrogen-bond donors (Lipinski definition) is 2. The molecule has 0 aliphatic carbocycles. The number of guanidine groups is 1. The second kappa shape index (κ2) is 10.5. The summed E-state index contributed by atoms with van der Waals surface area (Å²) in [6.07, 6.45) is 5.85. The molecule has 2 aliphatic heterocycles. The van der Waals surface area contributed by atoms with Crippen molar-refractivity contribution in [3.8, 4) is 0 Å². The van der Waals surface area contributed by atoms with Crippen LogP contribution in [0.25, 0.3) is 0 Å².